The Labute approximate surface area is 151 Å². The first-order valence-electron chi connectivity index (χ1n) is 7.79. The van der Waals surface area contributed by atoms with Gasteiger partial charge in [-0.25, -0.2) is 13.1 Å². The minimum Gasteiger partial charge on any atom is -0.383 e. The van der Waals surface area contributed by atoms with Crippen LogP contribution >= 0.6 is 11.3 Å². The molecule has 1 aromatic heterocycles. The van der Waals surface area contributed by atoms with Gasteiger partial charge in [-0.05, 0) is 42.6 Å². The Kier molecular flexibility index (Phi) is 5.99. The molecule has 1 unspecified atom stereocenters. The number of anilines is 1. The number of sulfonamides is 1. The molecule has 136 valence electrons. The van der Waals surface area contributed by atoms with Crippen molar-refractivity contribution in [2.75, 3.05) is 11.9 Å². The fraction of sp³-hybridized carbons (Fsp3) is 0.353. The summed E-state index contributed by atoms with van der Waals surface area (Å²) in [5.41, 5.74) is -0.755. The molecule has 0 saturated carbocycles. The lowest BCUT2D eigenvalue weighted by Gasteiger charge is -2.22. The molecule has 1 aromatic carbocycles. The highest BCUT2D eigenvalue weighted by atomic mass is 32.2. The highest BCUT2D eigenvalue weighted by Crippen LogP contribution is 2.25. The molecule has 0 bridgehead atoms. The number of hydrogen-bond donors (Lipinski definition) is 3. The maximum atomic E-state index is 12.4. The number of nitrogens with one attached hydrogen (secondary N) is 2. The predicted molar refractivity (Wildman–Crippen MR) is 99.0 cm³/mol. The van der Waals surface area contributed by atoms with Crippen LogP contribution in [0.2, 0.25) is 0 Å². The molecule has 1 heterocycles. The molecule has 8 heteroatoms. The SMILES string of the molecule is CC(C)C(=O)Nc1ccc(S(=O)(=O)NCC(C)(O)c2cccs2)cc1. The third-order valence-electron chi connectivity index (χ3n) is 3.61. The number of benzene rings is 1. The van der Waals surface area contributed by atoms with Gasteiger partial charge in [0.15, 0.2) is 0 Å². The van der Waals surface area contributed by atoms with Gasteiger partial charge in [-0.15, -0.1) is 11.3 Å². The summed E-state index contributed by atoms with van der Waals surface area (Å²) in [5.74, 6) is -0.301. The molecule has 0 aliphatic rings. The van der Waals surface area contributed by atoms with Crippen molar-refractivity contribution in [3.63, 3.8) is 0 Å². The first kappa shape index (κ1) is 19.6. The zero-order chi connectivity index (χ0) is 18.7. The molecule has 2 rings (SSSR count). The smallest absolute Gasteiger partial charge is 0.240 e. The number of thiophene rings is 1. The summed E-state index contributed by atoms with van der Waals surface area (Å²) in [4.78, 5) is 12.4. The van der Waals surface area contributed by atoms with E-state index in [-0.39, 0.29) is 23.3 Å². The fourth-order valence-corrected chi connectivity index (χ4v) is 3.91. The van der Waals surface area contributed by atoms with Gasteiger partial charge in [0.05, 0.1) is 4.90 Å². The van der Waals surface area contributed by atoms with Crippen molar-refractivity contribution in [1.29, 1.82) is 0 Å². The molecule has 1 atom stereocenters. The topological polar surface area (TPSA) is 95.5 Å². The highest BCUT2D eigenvalue weighted by Gasteiger charge is 2.27. The van der Waals surface area contributed by atoms with E-state index in [9.17, 15) is 18.3 Å². The lowest BCUT2D eigenvalue weighted by Crippen LogP contribution is -2.38. The van der Waals surface area contributed by atoms with Crippen LogP contribution in [0.4, 0.5) is 5.69 Å². The minimum absolute atomic E-state index is 0.0667. The molecular weight excluding hydrogens is 360 g/mol. The van der Waals surface area contributed by atoms with Crippen molar-refractivity contribution in [3.8, 4) is 0 Å². The monoisotopic (exact) mass is 382 g/mol. The van der Waals surface area contributed by atoms with Crippen molar-refractivity contribution in [1.82, 2.24) is 4.72 Å². The van der Waals surface area contributed by atoms with Crippen LogP contribution < -0.4 is 10.0 Å². The first-order valence-corrected chi connectivity index (χ1v) is 10.1. The van der Waals surface area contributed by atoms with Gasteiger partial charge in [0.1, 0.15) is 5.60 Å². The summed E-state index contributed by atoms with van der Waals surface area (Å²) < 4.78 is 27.2. The van der Waals surface area contributed by atoms with Gasteiger partial charge in [0.2, 0.25) is 15.9 Å². The Morgan fingerprint density at radius 1 is 1.24 bits per heavy atom. The first-order chi connectivity index (χ1) is 11.6. The summed E-state index contributed by atoms with van der Waals surface area (Å²) in [6.07, 6.45) is 0. The number of amides is 1. The van der Waals surface area contributed by atoms with Gasteiger partial charge < -0.3 is 10.4 Å². The molecule has 0 fully saturated rings. The molecular formula is C17H22N2O4S2. The second-order valence-corrected chi connectivity index (χ2v) is 8.96. The molecule has 6 nitrogen and oxygen atoms in total. The average molecular weight is 383 g/mol. The Balaban J connectivity index is 2.05. The molecule has 0 aliphatic carbocycles. The van der Waals surface area contributed by atoms with Crippen LogP contribution in [0.3, 0.4) is 0 Å². The van der Waals surface area contributed by atoms with Crippen LogP contribution in [0.1, 0.15) is 25.6 Å². The van der Waals surface area contributed by atoms with Gasteiger partial charge in [0, 0.05) is 23.0 Å². The van der Waals surface area contributed by atoms with E-state index in [0.717, 1.165) is 0 Å². The minimum atomic E-state index is -3.76. The summed E-state index contributed by atoms with van der Waals surface area (Å²) >= 11 is 1.36. The quantitative estimate of drug-likeness (QED) is 0.686. The largest absolute Gasteiger partial charge is 0.383 e. The van der Waals surface area contributed by atoms with Crippen molar-refractivity contribution < 1.29 is 18.3 Å². The summed E-state index contributed by atoms with van der Waals surface area (Å²) in [6.45, 7) is 4.97. The molecule has 2 aromatic rings. The number of aliphatic hydroxyl groups is 1. The van der Waals surface area contributed by atoms with Gasteiger partial charge >= 0.3 is 0 Å². The maximum Gasteiger partial charge on any atom is 0.240 e. The molecule has 1 amide bonds. The maximum absolute atomic E-state index is 12.4. The molecule has 25 heavy (non-hydrogen) atoms. The van der Waals surface area contributed by atoms with Crippen molar-refractivity contribution >= 4 is 33.0 Å². The molecule has 0 aliphatic heterocycles. The standard InChI is InChI=1S/C17H22N2O4S2/c1-12(2)16(20)19-13-6-8-14(9-7-13)25(22,23)18-11-17(3,21)15-5-4-10-24-15/h4-10,12,18,21H,11H2,1-3H3,(H,19,20). The Hall–Kier alpha value is -1.74. The van der Waals surface area contributed by atoms with Gasteiger partial charge in [-0.1, -0.05) is 19.9 Å². The van der Waals surface area contributed by atoms with Crippen LogP contribution in [-0.2, 0) is 20.4 Å². The van der Waals surface area contributed by atoms with Crippen molar-refractivity contribution in [3.05, 3.63) is 46.7 Å². The van der Waals surface area contributed by atoms with E-state index in [4.69, 9.17) is 0 Å². The van der Waals surface area contributed by atoms with E-state index < -0.39 is 15.6 Å². The second-order valence-electron chi connectivity index (χ2n) is 6.24. The number of carbonyl (C=O) groups is 1. The zero-order valence-corrected chi connectivity index (χ0v) is 15.9. The normalized spacial score (nSPS) is 14.3. The van der Waals surface area contributed by atoms with Gasteiger partial charge in [-0.3, -0.25) is 4.79 Å². The van der Waals surface area contributed by atoms with Crippen molar-refractivity contribution in [2.45, 2.75) is 31.3 Å². The van der Waals surface area contributed by atoms with Crippen LogP contribution in [0, 0.1) is 5.92 Å². The second kappa shape index (κ2) is 7.65. The number of hydrogen-bond acceptors (Lipinski definition) is 5. The number of carbonyl (C=O) groups excluding carboxylic acids is 1. The molecule has 3 N–H and O–H groups in total. The van der Waals surface area contributed by atoms with E-state index in [1.54, 1.807) is 32.9 Å². The van der Waals surface area contributed by atoms with Gasteiger partial charge in [-0.2, -0.15) is 0 Å². The van der Waals surface area contributed by atoms with Gasteiger partial charge in [0.25, 0.3) is 0 Å². The molecule has 0 radical (unpaired) electrons. The van der Waals surface area contributed by atoms with E-state index in [0.29, 0.717) is 10.6 Å². The average Bonchev–Trinajstić information content (AvgIpc) is 3.09. The van der Waals surface area contributed by atoms with Crippen LogP contribution in [0.5, 0.6) is 0 Å². The molecule has 0 saturated heterocycles. The number of rotatable bonds is 7. The van der Waals surface area contributed by atoms with Crippen LogP contribution in [-0.4, -0.2) is 26.0 Å². The van der Waals surface area contributed by atoms with Crippen LogP contribution in [0.25, 0.3) is 0 Å². The lowest BCUT2D eigenvalue weighted by molar-refractivity contribution is -0.118. The van der Waals surface area contributed by atoms with E-state index in [1.165, 1.54) is 35.6 Å². The summed E-state index contributed by atoms with van der Waals surface area (Å²) in [6, 6.07) is 9.45. The summed E-state index contributed by atoms with van der Waals surface area (Å²) in [7, 11) is -3.76. The fourth-order valence-electron chi connectivity index (χ4n) is 2.00. The third kappa shape index (κ3) is 5.12. The van der Waals surface area contributed by atoms with Crippen molar-refractivity contribution in [2.24, 2.45) is 5.92 Å². The lowest BCUT2D eigenvalue weighted by atomic mass is 10.1. The van der Waals surface area contributed by atoms with E-state index in [2.05, 4.69) is 10.0 Å². The van der Waals surface area contributed by atoms with E-state index >= 15 is 0 Å². The molecule has 0 spiro atoms. The third-order valence-corrected chi connectivity index (χ3v) is 6.16. The summed E-state index contributed by atoms with van der Waals surface area (Å²) in [5, 5.41) is 14.9. The Morgan fingerprint density at radius 3 is 2.40 bits per heavy atom. The van der Waals surface area contributed by atoms with Crippen LogP contribution in [0.15, 0.2) is 46.7 Å². The predicted octanol–water partition coefficient (Wildman–Crippen LogP) is 2.53. The van der Waals surface area contributed by atoms with E-state index in [1.807, 2.05) is 5.38 Å². The zero-order valence-electron chi connectivity index (χ0n) is 14.3. The Morgan fingerprint density at radius 2 is 1.88 bits per heavy atom. The Bertz CT molecular complexity index is 811. The highest BCUT2D eigenvalue weighted by molar-refractivity contribution is 7.89.